The summed E-state index contributed by atoms with van der Waals surface area (Å²) in [5.74, 6) is 0. The highest BCUT2D eigenvalue weighted by Gasteiger charge is 2.20. The Labute approximate surface area is 374 Å². The zero-order valence-electron chi connectivity index (χ0n) is 35.2. The van der Waals surface area contributed by atoms with E-state index in [0.717, 1.165) is 77.9 Å². The molecule has 2 heteroatoms. The summed E-state index contributed by atoms with van der Waals surface area (Å²) >= 11 is 0. The smallest absolute Gasteiger partial charge is 0.136 e. The minimum absolute atomic E-state index is 0.879. The Morgan fingerprint density at radius 1 is 0.359 bits per heavy atom. The van der Waals surface area contributed by atoms with Crippen molar-refractivity contribution in [3.05, 3.63) is 255 Å². The molecule has 0 saturated carbocycles. The molecule has 0 amide bonds. The van der Waals surface area contributed by atoms with Crippen molar-refractivity contribution in [1.82, 2.24) is 0 Å². The fraction of sp³-hybridized carbons (Fsp3) is 0. The minimum atomic E-state index is 0.879. The van der Waals surface area contributed by atoms with E-state index in [4.69, 9.17) is 4.42 Å². The molecule has 11 rings (SSSR count). The third kappa shape index (κ3) is 7.38. The number of rotatable bonds is 10. The Bertz CT molecular complexity index is 3510. The Kier molecular flexibility index (Phi) is 10.1. The molecule has 0 atom stereocenters. The van der Waals surface area contributed by atoms with Gasteiger partial charge in [0.05, 0.1) is 5.69 Å². The third-order valence-electron chi connectivity index (χ3n) is 12.2. The highest BCUT2D eigenvalue weighted by atomic mass is 16.3. The van der Waals surface area contributed by atoms with Crippen LogP contribution < -0.4 is 4.90 Å². The molecule has 0 bridgehead atoms. The topological polar surface area (TPSA) is 16.4 Å². The van der Waals surface area contributed by atoms with Gasteiger partial charge in [0, 0.05) is 27.7 Å². The highest BCUT2D eigenvalue weighted by Crippen LogP contribution is 2.44. The van der Waals surface area contributed by atoms with Crippen molar-refractivity contribution < 1.29 is 4.42 Å². The van der Waals surface area contributed by atoms with Crippen molar-refractivity contribution in [1.29, 1.82) is 0 Å². The number of anilines is 3. The van der Waals surface area contributed by atoms with Crippen LogP contribution in [0.3, 0.4) is 0 Å². The first kappa shape index (κ1) is 38.5. The lowest BCUT2D eigenvalue weighted by atomic mass is 9.91. The van der Waals surface area contributed by atoms with Gasteiger partial charge in [-0.2, -0.15) is 0 Å². The summed E-state index contributed by atoms with van der Waals surface area (Å²) in [6, 6.07) is 82.9. The van der Waals surface area contributed by atoms with E-state index in [1.54, 1.807) is 0 Å². The maximum atomic E-state index is 6.44. The Balaban J connectivity index is 1.04. The average molecular weight is 818 g/mol. The van der Waals surface area contributed by atoms with Crippen molar-refractivity contribution in [2.24, 2.45) is 0 Å². The first-order chi connectivity index (χ1) is 31.7. The molecule has 2 nitrogen and oxygen atoms in total. The summed E-state index contributed by atoms with van der Waals surface area (Å²) in [5.41, 5.74) is 17.7. The molecule has 0 aliphatic carbocycles. The molecule has 11 aromatic rings. The summed E-state index contributed by atoms with van der Waals surface area (Å²) in [5, 5.41) is 4.59. The number of fused-ring (bicyclic) bond motifs is 4. The Morgan fingerprint density at radius 2 is 0.969 bits per heavy atom. The van der Waals surface area contributed by atoms with Crippen LogP contribution in [-0.4, -0.2) is 0 Å². The fourth-order valence-corrected chi connectivity index (χ4v) is 9.05. The zero-order chi connectivity index (χ0) is 42.8. The van der Waals surface area contributed by atoms with Gasteiger partial charge in [-0.15, -0.1) is 0 Å². The molecule has 0 aliphatic heterocycles. The predicted octanol–water partition coefficient (Wildman–Crippen LogP) is 17.7. The molecule has 1 heterocycles. The summed E-state index contributed by atoms with van der Waals surface area (Å²) in [4.78, 5) is 2.39. The molecule has 0 fully saturated rings. The van der Waals surface area contributed by atoms with E-state index < -0.39 is 0 Å². The molecule has 64 heavy (non-hydrogen) atoms. The van der Waals surface area contributed by atoms with Crippen molar-refractivity contribution in [3.63, 3.8) is 0 Å². The van der Waals surface area contributed by atoms with Crippen molar-refractivity contribution in [2.45, 2.75) is 0 Å². The van der Waals surface area contributed by atoms with Gasteiger partial charge in [-0.1, -0.05) is 189 Å². The van der Waals surface area contributed by atoms with E-state index in [0.29, 0.717) is 0 Å². The molecule has 0 spiro atoms. The highest BCUT2D eigenvalue weighted by molar-refractivity contribution is 6.11. The molecule has 302 valence electrons. The lowest BCUT2D eigenvalue weighted by Gasteiger charge is -2.28. The van der Waals surface area contributed by atoms with Gasteiger partial charge in [0.25, 0.3) is 0 Å². The molecule has 0 N–H and O–H groups in total. The van der Waals surface area contributed by atoms with Crippen LogP contribution in [0.4, 0.5) is 17.1 Å². The number of nitrogens with zero attached hydrogens (tertiary/aromatic N) is 1. The van der Waals surface area contributed by atoms with Gasteiger partial charge in [0.1, 0.15) is 11.2 Å². The van der Waals surface area contributed by atoms with E-state index in [9.17, 15) is 0 Å². The molecule has 10 aromatic carbocycles. The Hall–Kier alpha value is -8.46. The van der Waals surface area contributed by atoms with Crippen molar-refractivity contribution in [2.75, 3.05) is 4.90 Å². The normalized spacial score (nSPS) is 11.4. The van der Waals surface area contributed by atoms with Crippen molar-refractivity contribution >= 4 is 55.8 Å². The maximum Gasteiger partial charge on any atom is 0.136 e. The first-order valence-electron chi connectivity index (χ1n) is 21.8. The average Bonchev–Trinajstić information content (AvgIpc) is 3.72. The lowest BCUT2D eigenvalue weighted by molar-refractivity contribution is 0.669. The van der Waals surface area contributed by atoms with E-state index >= 15 is 0 Å². The second kappa shape index (κ2) is 16.8. The summed E-state index contributed by atoms with van der Waals surface area (Å²) < 4.78 is 6.44. The monoisotopic (exact) mass is 817 g/mol. The van der Waals surface area contributed by atoms with Gasteiger partial charge in [0.15, 0.2) is 0 Å². The second-order valence-electron chi connectivity index (χ2n) is 16.2. The van der Waals surface area contributed by atoms with Crippen LogP contribution in [0.5, 0.6) is 0 Å². The quantitative estimate of drug-likeness (QED) is 0.128. The van der Waals surface area contributed by atoms with Crippen LogP contribution in [0.25, 0.3) is 94.4 Å². The number of hydrogen-bond donors (Lipinski definition) is 0. The van der Waals surface area contributed by atoms with Gasteiger partial charge < -0.3 is 9.32 Å². The van der Waals surface area contributed by atoms with Gasteiger partial charge >= 0.3 is 0 Å². The van der Waals surface area contributed by atoms with Gasteiger partial charge in [-0.25, -0.2) is 0 Å². The number of furan rings is 1. The van der Waals surface area contributed by atoms with Crippen LogP contribution in [0, 0.1) is 0 Å². The molecule has 0 saturated heterocycles. The molecule has 0 radical (unpaired) electrons. The van der Waals surface area contributed by atoms with Crippen LogP contribution in [0.2, 0.25) is 0 Å². The number of benzene rings is 10. The molecular formula is C62H43NO. The third-order valence-corrected chi connectivity index (χ3v) is 12.2. The van der Waals surface area contributed by atoms with E-state index in [1.165, 1.54) is 33.0 Å². The van der Waals surface area contributed by atoms with Crippen molar-refractivity contribution in [3.8, 4) is 55.6 Å². The van der Waals surface area contributed by atoms with E-state index in [2.05, 4.69) is 248 Å². The number of para-hydroxylation sites is 1. The Morgan fingerprint density at radius 3 is 1.75 bits per heavy atom. The van der Waals surface area contributed by atoms with E-state index in [-0.39, 0.29) is 0 Å². The first-order valence-corrected chi connectivity index (χ1v) is 21.8. The summed E-state index contributed by atoms with van der Waals surface area (Å²) in [7, 11) is 0. The fourth-order valence-electron chi connectivity index (χ4n) is 9.05. The van der Waals surface area contributed by atoms with E-state index in [1.807, 2.05) is 12.2 Å². The van der Waals surface area contributed by atoms with Crippen LogP contribution in [0.1, 0.15) is 5.56 Å². The second-order valence-corrected chi connectivity index (χ2v) is 16.2. The summed E-state index contributed by atoms with van der Waals surface area (Å²) in [6.45, 7) is 3.87. The zero-order valence-corrected chi connectivity index (χ0v) is 35.2. The molecule has 0 aliphatic rings. The maximum absolute atomic E-state index is 6.44. The number of hydrogen-bond acceptors (Lipinski definition) is 2. The molecular weight excluding hydrogens is 775 g/mol. The standard InChI is InChI=1S/C62H43NO/c1-2-3-16-43-17-14-24-47(37-43)48-25-15-26-54(38-48)63(53-33-29-44(30-34-53)51-31-35-55(45-18-6-4-7-19-45)57(39-51)46-20-8-5-9-21-46)60-28-13-12-27-56(60)52-32-36-61-58(41-52)59-40-49-22-10-11-23-50(49)42-62(59)64-61/h2-42H,1H2/b16-3-. The van der Waals surface area contributed by atoms with Crippen LogP contribution >= 0.6 is 0 Å². The predicted molar refractivity (Wildman–Crippen MR) is 272 cm³/mol. The van der Waals surface area contributed by atoms with Gasteiger partial charge in [-0.3, -0.25) is 0 Å². The minimum Gasteiger partial charge on any atom is -0.456 e. The largest absolute Gasteiger partial charge is 0.456 e. The van der Waals surface area contributed by atoms with Gasteiger partial charge in [0.2, 0.25) is 0 Å². The SMILES string of the molecule is C=C/C=C\c1cccc(-c2cccc(N(c3ccc(-c4ccc(-c5ccccc5)c(-c5ccccc5)c4)cc3)c3ccccc3-c3ccc4oc5cc6ccccc6cc5c4c3)c2)c1. The van der Waals surface area contributed by atoms with Crippen LogP contribution in [-0.2, 0) is 0 Å². The van der Waals surface area contributed by atoms with Crippen LogP contribution in [0.15, 0.2) is 254 Å². The number of allylic oxidation sites excluding steroid dienone is 2. The lowest BCUT2D eigenvalue weighted by Crippen LogP contribution is -2.11. The molecule has 0 unspecified atom stereocenters. The molecule has 1 aromatic heterocycles. The van der Waals surface area contributed by atoms with Gasteiger partial charge in [-0.05, 0) is 133 Å². The summed E-state index contributed by atoms with van der Waals surface area (Å²) in [6.07, 6.45) is 5.87.